The lowest BCUT2D eigenvalue weighted by Gasteiger charge is -2.22. The lowest BCUT2D eigenvalue weighted by atomic mass is 9.88. The van der Waals surface area contributed by atoms with Gasteiger partial charge in [-0.2, -0.15) is 0 Å². The van der Waals surface area contributed by atoms with Gasteiger partial charge in [-0.3, -0.25) is 4.79 Å². The predicted octanol–water partition coefficient (Wildman–Crippen LogP) is 6.98. The van der Waals surface area contributed by atoms with E-state index in [-0.39, 0.29) is 17.8 Å². The summed E-state index contributed by atoms with van der Waals surface area (Å²) in [4.78, 5) is 13.2. The first-order valence-electron chi connectivity index (χ1n) is 10.5. The SMILES string of the molecule is CC#CC(OC(=O)C(c1ccc(Cl)cc1)C(C)C)c1cccc(Cc2ccccc2)c1. The molecule has 0 aromatic heterocycles. The summed E-state index contributed by atoms with van der Waals surface area (Å²) < 4.78 is 5.94. The summed E-state index contributed by atoms with van der Waals surface area (Å²) >= 11 is 6.02. The van der Waals surface area contributed by atoms with Gasteiger partial charge >= 0.3 is 5.97 Å². The normalized spacial score (nSPS) is 12.5. The molecule has 3 rings (SSSR count). The zero-order valence-corrected chi connectivity index (χ0v) is 18.9. The molecule has 0 aliphatic carbocycles. The van der Waals surface area contributed by atoms with E-state index in [0.717, 1.165) is 23.1 Å². The number of ether oxygens (including phenoxy) is 1. The molecule has 3 aromatic rings. The third-order valence-electron chi connectivity index (χ3n) is 5.16. The Morgan fingerprint density at radius 2 is 1.58 bits per heavy atom. The Bertz CT molecular complexity index is 1060. The topological polar surface area (TPSA) is 26.3 Å². The van der Waals surface area contributed by atoms with E-state index in [0.29, 0.717) is 5.02 Å². The minimum absolute atomic E-state index is 0.0772. The fraction of sp³-hybridized carbons (Fsp3) is 0.250. The second-order valence-corrected chi connectivity index (χ2v) is 8.33. The summed E-state index contributed by atoms with van der Waals surface area (Å²) in [7, 11) is 0. The van der Waals surface area contributed by atoms with Crippen LogP contribution in [0.4, 0.5) is 0 Å². The molecule has 158 valence electrons. The summed E-state index contributed by atoms with van der Waals surface area (Å²) in [5, 5.41) is 0.643. The number of carbonyl (C=O) groups excluding carboxylic acids is 1. The van der Waals surface area contributed by atoms with Gasteiger partial charge in [0.15, 0.2) is 6.10 Å². The van der Waals surface area contributed by atoms with Gasteiger partial charge in [0, 0.05) is 10.6 Å². The summed E-state index contributed by atoms with van der Waals surface area (Å²) in [6.07, 6.45) is 0.204. The van der Waals surface area contributed by atoms with Gasteiger partial charge < -0.3 is 4.74 Å². The molecule has 31 heavy (non-hydrogen) atoms. The van der Waals surface area contributed by atoms with Gasteiger partial charge in [0.25, 0.3) is 0 Å². The first-order valence-corrected chi connectivity index (χ1v) is 10.9. The molecule has 0 N–H and O–H groups in total. The van der Waals surface area contributed by atoms with Crippen molar-refractivity contribution in [2.45, 2.75) is 39.2 Å². The molecule has 0 aliphatic heterocycles. The number of hydrogen-bond acceptors (Lipinski definition) is 2. The maximum Gasteiger partial charge on any atom is 0.315 e. The zero-order valence-electron chi connectivity index (χ0n) is 18.1. The smallest absolute Gasteiger partial charge is 0.315 e. The molecular weight excluding hydrogens is 404 g/mol. The fourth-order valence-corrected chi connectivity index (χ4v) is 3.79. The monoisotopic (exact) mass is 430 g/mol. The minimum Gasteiger partial charge on any atom is -0.444 e. The highest BCUT2D eigenvalue weighted by Crippen LogP contribution is 2.30. The standard InChI is InChI=1S/C28H27ClO2/c1-4-9-26(24-13-8-12-22(19-24)18-21-10-6-5-7-11-21)31-28(30)27(20(2)3)23-14-16-25(29)17-15-23/h5-8,10-17,19-20,26-27H,18H2,1-3H3. The summed E-state index contributed by atoms with van der Waals surface area (Å²) in [5.41, 5.74) is 4.17. The summed E-state index contributed by atoms with van der Waals surface area (Å²) in [6.45, 7) is 5.79. The first kappa shape index (κ1) is 22.7. The Kier molecular flexibility index (Phi) is 7.93. The van der Waals surface area contributed by atoms with Gasteiger partial charge in [-0.25, -0.2) is 0 Å². The van der Waals surface area contributed by atoms with E-state index in [1.54, 1.807) is 19.1 Å². The van der Waals surface area contributed by atoms with Crippen molar-refractivity contribution in [2.75, 3.05) is 0 Å². The lowest BCUT2D eigenvalue weighted by molar-refractivity contribution is -0.149. The highest BCUT2D eigenvalue weighted by Gasteiger charge is 2.28. The molecule has 2 nitrogen and oxygen atoms in total. The number of carbonyl (C=O) groups is 1. The molecule has 0 spiro atoms. The van der Waals surface area contributed by atoms with Crippen LogP contribution in [0.2, 0.25) is 5.02 Å². The zero-order chi connectivity index (χ0) is 22.2. The molecule has 0 radical (unpaired) electrons. The number of halogens is 1. The van der Waals surface area contributed by atoms with Crippen molar-refractivity contribution in [1.82, 2.24) is 0 Å². The second-order valence-electron chi connectivity index (χ2n) is 7.89. The quantitative estimate of drug-likeness (QED) is 0.298. The predicted molar refractivity (Wildman–Crippen MR) is 127 cm³/mol. The molecule has 2 atom stereocenters. The Labute approximate surface area is 190 Å². The van der Waals surface area contributed by atoms with Crippen LogP contribution < -0.4 is 0 Å². The molecule has 2 unspecified atom stereocenters. The van der Waals surface area contributed by atoms with Gasteiger partial charge in [-0.15, -0.1) is 5.92 Å². The average Bonchev–Trinajstić information content (AvgIpc) is 2.76. The molecule has 3 heteroatoms. The Morgan fingerprint density at radius 1 is 0.903 bits per heavy atom. The number of esters is 1. The average molecular weight is 431 g/mol. The van der Waals surface area contributed by atoms with Gasteiger partial charge in [-0.05, 0) is 48.1 Å². The Morgan fingerprint density at radius 3 is 2.23 bits per heavy atom. The number of rotatable bonds is 7. The molecule has 0 amide bonds. The van der Waals surface area contributed by atoms with Crippen molar-refractivity contribution in [3.8, 4) is 11.8 Å². The van der Waals surface area contributed by atoms with Gasteiger partial charge in [0.2, 0.25) is 0 Å². The molecule has 0 saturated heterocycles. The highest BCUT2D eigenvalue weighted by atomic mass is 35.5. The van der Waals surface area contributed by atoms with Crippen molar-refractivity contribution >= 4 is 17.6 Å². The van der Waals surface area contributed by atoms with Crippen molar-refractivity contribution in [3.05, 3.63) is 106 Å². The third-order valence-corrected chi connectivity index (χ3v) is 5.42. The van der Waals surface area contributed by atoms with Gasteiger partial charge in [-0.1, -0.05) is 98.1 Å². The van der Waals surface area contributed by atoms with Crippen LogP contribution in [0.25, 0.3) is 0 Å². The fourth-order valence-electron chi connectivity index (χ4n) is 3.66. The van der Waals surface area contributed by atoms with E-state index in [1.165, 1.54) is 5.56 Å². The number of benzene rings is 3. The van der Waals surface area contributed by atoms with Gasteiger partial charge in [0.1, 0.15) is 0 Å². The second kappa shape index (κ2) is 10.8. The van der Waals surface area contributed by atoms with E-state index in [4.69, 9.17) is 16.3 Å². The third kappa shape index (κ3) is 6.23. The number of hydrogen-bond donors (Lipinski definition) is 0. The lowest BCUT2D eigenvalue weighted by Crippen LogP contribution is -2.22. The van der Waals surface area contributed by atoms with Crippen LogP contribution >= 0.6 is 11.6 Å². The maximum absolute atomic E-state index is 13.2. The van der Waals surface area contributed by atoms with Crippen LogP contribution in [-0.2, 0) is 16.0 Å². The van der Waals surface area contributed by atoms with Crippen LogP contribution in [0.3, 0.4) is 0 Å². The largest absolute Gasteiger partial charge is 0.444 e. The van der Waals surface area contributed by atoms with E-state index in [9.17, 15) is 4.79 Å². The maximum atomic E-state index is 13.2. The van der Waals surface area contributed by atoms with Crippen molar-refractivity contribution in [1.29, 1.82) is 0 Å². The van der Waals surface area contributed by atoms with Crippen LogP contribution in [0.1, 0.15) is 55.0 Å². The molecular formula is C28H27ClO2. The van der Waals surface area contributed by atoms with Gasteiger partial charge in [0.05, 0.1) is 5.92 Å². The van der Waals surface area contributed by atoms with E-state index >= 15 is 0 Å². The Balaban J connectivity index is 1.83. The molecule has 0 fully saturated rings. The minimum atomic E-state index is -0.609. The van der Waals surface area contributed by atoms with Crippen LogP contribution in [0.15, 0.2) is 78.9 Å². The molecule has 0 heterocycles. The molecule has 0 saturated carbocycles. The Hall–Kier alpha value is -3.02. The van der Waals surface area contributed by atoms with E-state index in [1.807, 2.05) is 56.3 Å². The first-order chi connectivity index (χ1) is 15.0. The van der Waals surface area contributed by atoms with Crippen molar-refractivity contribution in [3.63, 3.8) is 0 Å². The molecule has 0 aliphatic rings. The summed E-state index contributed by atoms with van der Waals surface area (Å²) in [6, 6.07) is 25.8. The van der Waals surface area contributed by atoms with E-state index < -0.39 is 6.10 Å². The highest BCUT2D eigenvalue weighted by molar-refractivity contribution is 6.30. The van der Waals surface area contributed by atoms with E-state index in [2.05, 4.69) is 36.1 Å². The van der Waals surface area contributed by atoms with Crippen LogP contribution in [-0.4, -0.2) is 5.97 Å². The molecule has 0 bridgehead atoms. The van der Waals surface area contributed by atoms with Crippen LogP contribution in [0.5, 0.6) is 0 Å². The summed E-state index contributed by atoms with van der Waals surface area (Å²) in [5.74, 6) is 5.39. The van der Waals surface area contributed by atoms with Crippen molar-refractivity contribution < 1.29 is 9.53 Å². The molecule has 3 aromatic carbocycles. The van der Waals surface area contributed by atoms with Crippen LogP contribution in [0, 0.1) is 17.8 Å². The van der Waals surface area contributed by atoms with Crippen molar-refractivity contribution in [2.24, 2.45) is 5.92 Å².